The third-order valence-electron chi connectivity index (χ3n) is 3.78. The third-order valence-corrected chi connectivity index (χ3v) is 4.13. The maximum Gasteiger partial charge on any atom is 0.287 e. The average molecular weight is 366 g/mol. The topological polar surface area (TPSA) is 105 Å². The molecule has 2 heterocycles. The van der Waals surface area contributed by atoms with Crippen LogP contribution in [-0.2, 0) is 16.1 Å². The molecule has 0 bridgehead atoms. The Kier molecular flexibility index (Phi) is 4.41. The number of nitrogens with one attached hydrogen (secondary N) is 3. The quantitative estimate of drug-likeness (QED) is 0.698. The number of imidazole rings is 1. The lowest BCUT2D eigenvalue weighted by molar-refractivity contribution is -0.123. The zero-order valence-electron chi connectivity index (χ0n) is 13.0. The van der Waals surface area contributed by atoms with Gasteiger partial charge in [-0.1, -0.05) is 11.6 Å². The molecule has 1 aliphatic heterocycles. The number of nitrogens with zero attached hydrogens (tertiary/aromatic N) is 2. The molecule has 0 saturated carbocycles. The highest BCUT2D eigenvalue weighted by Crippen LogP contribution is 2.35. The second-order valence-corrected chi connectivity index (χ2v) is 5.67. The molecule has 1 aromatic carbocycles. The predicted molar refractivity (Wildman–Crippen MR) is 86.7 cm³/mol. The molecule has 1 unspecified atom stereocenters. The number of fused-ring (bicyclic) bond motifs is 1. The maximum atomic E-state index is 13.7. The molecule has 0 spiro atoms. The van der Waals surface area contributed by atoms with Crippen molar-refractivity contribution in [3.05, 3.63) is 46.1 Å². The Labute approximate surface area is 146 Å². The molecule has 0 aliphatic carbocycles. The molecule has 1 aromatic heterocycles. The van der Waals surface area contributed by atoms with Crippen LogP contribution >= 0.6 is 11.6 Å². The highest BCUT2D eigenvalue weighted by atomic mass is 35.5. The SMILES string of the molecule is CNC(=O)c1nc(NC=O)c2n1CC(=O)NC2c1cc(F)ccc1Cl. The molecule has 8 nitrogen and oxygen atoms in total. The van der Waals surface area contributed by atoms with Gasteiger partial charge in [0.1, 0.15) is 12.4 Å². The van der Waals surface area contributed by atoms with E-state index in [1.165, 1.54) is 29.8 Å². The van der Waals surface area contributed by atoms with Gasteiger partial charge in [0.25, 0.3) is 5.91 Å². The van der Waals surface area contributed by atoms with Crippen LogP contribution in [0.1, 0.15) is 27.9 Å². The van der Waals surface area contributed by atoms with E-state index in [9.17, 15) is 18.8 Å². The van der Waals surface area contributed by atoms with Gasteiger partial charge in [0, 0.05) is 17.6 Å². The van der Waals surface area contributed by atoms with Gasteiger partial charge in [-0.15, -0.1) is 0 Å². The molecule has 130 valence electrons. The standard InChI is InChI=1S/C15H13ClFN5O3/c1-18-15(25)14-21-13(19-6-23)12-11(20-10(24)5-22(12)14)8-4-7(17)2-3-9(8)16/h2-4,6,11H,5H2,1H3,(H,18,25)(H,19,23)(H,20,24). The molecular formula is C15H13ClFN5O3. The van der Waals surface area contributed by atoms with Crippen LogP contribution in [0, 0.1) is 5.82 Å². The van der Waals surface area contributed by atoms with Gasteiger partial charge in [-0.2, -0.15) is 0 Å². The number of amides is 3. The van der Waals surface area contributed by atoms with Gasteiger partial charge < -0.3 is 20.5 Å². The number of carbonyl (C=O) groups is 3. The third kappa shape index (κ3) is 2.93. The van der Waals surface area contributed by atoms with Crippen molar-refractivity contribution in [1.29, 1.82) is 0 Å². The van der Waals surface area contributed by atoms with Crippen LogP contribution in [0.4, 0.5) is 10.2 Å². The minimum atomic E-state index is -0.877. The number of carbonyl (C=O) groups excluding carboxylic acids is 3. The highest BCUT2D eigenvalue weighted by Gasteiger charge is 2.35. The van der Waals surface area contributed by atoms with Gasteiger partial charge in [-0.3, -0.25) is 14.4 Å². The number of hydrogen-bond acceptors (Lipinski definition) is 4. The lowest BCUT2D eigenvalue weighted by Crippen LogP contribution is -2.40. The number of benzene rings is 1. The molecular weight excluding hydrogens is 353 g/mol. The summed E-state index contributed by atoms with van der Waals surface area (Å²) >= 11 is 6.15. The Hall–Kier alpha value is -2.94. The van der Waals surface area contributed by atoms with Crippen molar-refractivity contribution in [1.82, 2.24) is 20.2 Å². The van der Waals surface area contributed by atoms with Gasteiger partial charge >= 0.3 is 0 Å². The fraction of sp³-hybridized carbons (Fsp3) is 0.200. The van der Waals surface area contributed by atoms with Crippen LogP contribution in [0.2, 0.25) is 5.02 Å². The summed E-state index contributed by atoms with van der Waals surface area (Å²) in [7, 11) is 1.42. The van der Waals surface area contributed by atoms with E-state index in [1.807, 2.05) is 0 Å². The summed E-state index contributed by atoms with van der Waals surface area (Å²) in [5.41, 5.74) is 0.617. The summed E-state index contributed by atoms with van der Waals surface area (Å²) in [4.78, 5) is 39.2. The molecule has 1 aliphatic rings. The Morgan fingerprint density at radius 3 is 2.96 bits per heavy atom. The van der Waals surface area contributed by atoms with Gasteiger partial charge in [-0.05, 0) is 18.2 Å². The van der Waals surface area contributed by atoms with E-state index < -0.39 is 23.7 Å². The summed E-state index contributed by atoms with van der Waals surface area (Å²) < 4.78 is 15.1. The highest BCUT2D eigenvalue weighted by molar-refractivity contribution is 6.31. The smallest absolute Gasteiger partial charge is 0.287 e. The molecule has 25 heavy (non-hydrogen) atoms. The average Bonchev–Trinajstić information content (AvgIpc) is 2.94. The predicted octanol–water partition coefficient (Wildman–Crippen LogP) is 0.823. The molecule has 0 saturated heterocycles. The van der Waals surface area contributed by atoms with Crippen LogP contribution in [0.25, 0.3) is 0 Å². The number of aromatic nitrogens is 2. The largest absolute Gasteiger partial charge is 0.352 e. The molecule has 3 rings (SSSR count). The van der Waals surface area contributed by atoms with Crippen LogP contribution in [-0.4, -0.2) is 34.8 Å². The molecule has 3 amide bonds. The fourth-order valence-electron chi connectivity index (χ4n) is 2.74. The first-order valence-electron chi connectivity index (χ1n) is 7.23. The maximum absolute atomic E-state index is 13.7. The van der Waals surface area contributed by atoms with E-state index in [0.29, 0.717) is 12.1 Å². The monoisotopic (exact) mass is 365 g/mol. The second kappa shape index (κ2) is 6.52. The zero-order valence-corrected chi connectivity index (χ0v) is 13.7. The first-order chi connectivity index (χ1) is 12.0. The first kappa shape index (κ1) is 16.9. The number of rotatable bonds is 4. The number of anilines is 1. The zero-order chi connectivity index (χ0) is 18.1. The Morgan fingerprint density at radius 1 is 1.52 bits per heavy atom. The molecule has 10 heteroatoms. The lowest BCUT2D eigenvalue weighted by atomic mass is 10.0. The summed E-state index contributed by atoms with van der Waals surface area (Å²) in [5.74, 6) is -1.44. The Morgan fingerprint density at radius 2 is 2.28 bits per heavy atom. The van der Waals surface area contributed by atoms with E-state index >= 15 is 0 Å². The molecule has 1 atom stereocenters. The van der Waals surface area contributed by atoms with Gasteiger partial charge in [0.2, 0.25) is 18.1 Å². The van der Waals surface area contributed by atoms with E-state index in [1.54, 1.807) is 0 Å². The van der Waals surface area contributed by atoms with Crippen LogP contribution in [0.3, 0.4) is 0 Å². The molecule has 3 N–H and O–H groups in total. The first-order valence-corrected chi connectivity index (χ1v) is 7.61. The lowest BCUT2D eigenvalue weighted by Gasteiger charge is -2.27. The van der Waals surface area contributed by atoms with Crippen molar-refractivity contribution in [2.75, 3.05) is 12.4 Å². The Bertz CT molecular complexity index is 882. The summed E-state index contributed by atoms with van der Waals surface area (Å²) in [6.07, 6.45) is 0.400. The van der Waals surface area contributed by atoms with E-state index in [4.69, 9.17) is 11.6 Å². The van der Waals surface area contributed by atoms with Crippen molar-refractivity contribution in [3.63, 3.8) is 0 Å². The minimum absolute atomic E-state index is 0.0470. The number of hydrogen-bond donors (Lipinski definition) is 3. The molecule has 2 aromatic rings. The van der Waals surface area contributed by atoms with Gasteiger partial charge in [0.05, 0.1) is 11.7 Å². The fourth-order valence-corrected chi connectivity index (χ4v) is 2.97. The molecule has 0 fully saturated rings. The van der Waals surface area contributed by atoms with Crippen molar-refractivity contribution < 1.29 is 18.8 Å². The van der Waals surface area contributed by atoms with Crippen molar-refractivity contribution in [2.45, 2.75) is 12.6 Å². The summed E-state index contributed by atoms with van der Waals surface area (Å²) in [5, 5.41) is 7.73. The van der Waals surface area contributed by atoms with E-state index in [2.05, 4.69) is 20.9 Å². The van der Waals surface area contributed by atoms with Gasteiger partial charge in [0.15, 0.2) is 5.82 Å². The van der Waals surface area contributed by atoms with Crippen molar-refractivity contribution >= 4 is 35.6 Å². The van der Waals surface area contributed by atoms with Crippen LogP contribution < -0.4 is 16.0 Å². The van der Waals surface area contributed by atoms with E-state index in [-0.39, 0.29) is 28.8 Å². The van der Waals surface area contributed by atoms with E-state index in [0.717, 1.165) is 0 Å². The van der Waals surface area contributed by atoms with Gasteiger partial charge in [-0.25, -0.2) is 9.37 Å². The summed E-state index contributed by atoms with van der Waals surface area (Å²) in [6.45, 7) is -0.172. The summed E-state index contributed by atoms with van der Waals surface area (Å²) in [6, 6.07) is 2.85. The van der Waals surface area contributed by atoms with Crippen LogP contribution in [0.15, 0.2) is 18.2 Å². The molecule has 0 radical (unpaired) electrons. The Balaban J connectivity index is 2.24. The normalized spacial score (nSPS) is 16.0. The minimum Gasteiger partial charge on any atom is -0.352 e. The second-order valence-electron chi connectivity index (χ2n) is 5.26. The van der Waals surface area contributed by atoms with Crippen molar-refractivity contribution in [3.8, 4) is 0 Å². The van der Waals surface area contributed by atoms with Crippen molar-refractivity contribution in [2.24, 2.45) is 0 Å². The van der Waals surface area contributed by atoms with Crippen LogP contribution in [0.5, 0.6) is 0 Å². The number of halogens is 2.